The van der Waals surface area contributed by atoms with E-state index in [1.807, 2.05) is 0 Å². The van der Waals surface area contributed by atoms with Crippen LogP contribution < -0.4 is 11.1 Å². The molecule has 0 spiro atoms. The second-order valence-corrected chi connectivity index (χ2v) is 7.70. The average Bonchev–Trinajstić information content (AvgIpc) is 3.28. The predicted octanol–water partition coefficient (Wildman–Crippen LogP) is 1.18. The number of hydrogen-bond acceptors (Lipinski definition) is 6. The lowest BCUT2D eigenvalue weighted by atomic mass is 9.90. The first-order valence-corrected chi connectivity index (χ1v) is 8.40. The Morgan fingerprint density at radius 1 is 1.48 bits per heavy atom. The van der Waals surface area contributed by atoms with Crippen molar-refractivity contribution in [2.45, 2.75) is 57.7 Å². The lowest BCUT2D eigenvalue weighted by molar-refractivity contribution is -0.149. The molecule has 4 N–H and O–H groups in total. The van der Waals surface area contributed by atoms with E-state index < -0.39 is 29.2 Å². The van der Waals surface area contributed by atoms with E-state index in [1.54, 1.807) is 25.7 Å². The summed E-state index contributed by atoms with van der Waals surface area (Å²) in [5, 5.41) is 21.8. The number of carbonyl (C=O) groups excluding carboxylic acids is 1. The summed E-state index contributed by atoms with van der Waals surface area (Å²) in [6.07, 6.45) is 1.27. The summed E-state index contributed by atoms with van der Waals surface area (Å²) < 4.78 is 5.18. The normalized spacial score (nSPS) is 26.4. The third-order valence-electron chi connectivity index (χ3n) is 4.57. The smallest absolute Gasteiger partial charge is 0.407 e. The fraction of sp³-hybridized carbons (Fsp3) is 0.706. The molecule has 8 nitrogen and oxygen atoms in total. The maximum Gasteiger partial charge on any atom is 0.407 e. The van der Waals surface area contributed by atoms with E-state index in [2.05, 4.69) is 11.4 Å². The topological polar surface area (TPSA) is 129 Å². The van der Waals surface area contributed by atoms with Gasteiger partial charge in [0.05, 0.1) is 17.7 Å². The number of alkyl carbamates (subject to hydrolysis) is 1. The molecule has 0 aromatic heterocycles. The largest absolute Gasteiger partial charge is 0.479 e. The van der Waals surface area contributed by atoms with Crippen LogP contribution >= 0.6 is 0 Å². The molecule has 1 heterocycles. The van der Waals surface area contributed by atoms with Crippen LogP contribution in [0.25, 0.3) is 0 Å². The molecule has 0 bridgehead atoms. The SMILES string of the molecule is CC(C)(C)OC(=O)NCCN1C(C2CC2)=C(C#N)C(N)C1(C)C(=O)O. The van der Waals surface area contributed by atoms with E-state index in [-0.39, 0.29) is 19.0 Å². The first-order valence-electron chi connectivity index (χ1n) is 8.40. The summed E-state index contributed by atoms with van der Waals surface area (Å²) in [4.78, 5) is 25.4. The Hall–Kier alpha value is -2.27. The lowest BCUT2D eigenvalue weighted by Gasteiger charge is -2.37. The Morgan fingerprint density at radius 2 is 2.08 bits per heavy atom. The van der Waals surface area contributed by atoms with Gasteiger partial charge in [0.25, 0.3) is 0 Å². The number of aliphatic carboxylic acids is 1. The third kappa shape index (κ3) is 3.71. The fourth-order valence-electron chi connectivity index (χ4n) is 3.11. The van der Waals surface area contributed by atoms with Crippen molar-refractivity contribution in [3.8, 4) is 6.07 Å². The molecule has 1 fully saturated rings. The number of nitrogens with one attached hydrogen (secondary N) is 1. The molecule has 0 saturated heterocycles. The summed E-state index contributed by atoms with van der Waals surface area (Å²) in [7, 11) is 0. The number of carboxylic acids is 1. The van der Waals surface area contributed by atoms with Crippen LogP contribution in [0.5, 0.6) is 0 Å². The standard InChI is InChI=1S/C17H26N4O4/c1-16(2,3)25-15(24)20-7-8-21-12(10-5-6-10)11(9-18)13(19)17(21,4)14(22)23/h10,13H,5-8,19H2,1-4H3,(H,20,24)(H,22,23). The number of nitriles is 1. The van der Waals surface area contributed by atoms with Gasteiger partial charge in [0.1, 0.15) is 5.60 Å². The molecule has 2 aliphatic rings. The lowest BCUT2D eigenvalue weighted by Crippen LogP contribution is -2.59. The molecule has 1 aliphatic carbocycles. The summed E-state index contributed by atoms with van der Waals surface area (Å²) in [5.41, 5.74) is 5.15. The highest BCUT2D eigenvalue weighted by molar-refractivity contribution is 5.82. The van der Waals surface area contributed by atoms with Gasteiger partial charge in [0.15, 0.2) is 5.54 Å². The van der Waals surface area contributed by atoms with E-state index in [4.69, 9.17) is 10.5 Å². The molecule has 2 unspecified atom stereocenters. The van der Waals surface area contributed by atoms with E-state index in [9.17, 15) is 20.0 Å². The minimum atomic E-state index is -1.40. The van der Waals surface area contributed by atoms with Crippen LogP contribution in [-0.2, 0) is 9.53 Å². The maximum atomic E-state index is 11.9. The highest BCUT2D eigenvalue weighted by Crippen LogP contribution is 2.47. The van der Waals surface area contributed by atoms with Gasteiger partial charge in [-0.3, -0.25) is 0 Å². The van der Waals surface area contributed by atoms with E-state index in [1.165, 1.54) is 6.92 Å². The van der Waals surface area contributed by atoms with Gasteiger partial charge in [-0.05, 0) is 46.5 Å². The second kappa shape index (κ2) is 6.56. The Kier molecular flexibility index (Phi) is 5.00. The Morgan fingerprint density at radius 3 is 2.52 bits per heavy atom. The number of nitrogens with zero attached hydrogens (tertiary/aromatic N) is 2. The summed E-state index contributed by atoms with van der Waals surface area (Å²) in [6.45, 7) is 7.26. The molecule has 0 radical (unpaired) electrons. The zero-order valence-electron chi connectivity index (χ0n) is 15.1. The highest BCUT2D eigenvalue weighted by Gasteiger charge is 2.56. The summed E-state index contributed by atoms with van der Waals surface area (Å²) in [6, 6.07) is 1.20. The van der Waals surface area contributed by atoms with Crippen molar-refractivity contribution < 1.29 is 19.4 Å². The third-order valence-corrected chi connectivity index (χ3v) is 4.57. The molecule has 1 saturated carbocycles. The molecule has 1 aliphatic heterocycles. The van der Waals surface area contributed by atoms with Crippen LogP contribution in [-0.4, -0.2) is 52.3 Å². The van der Waals surface area contributed by atoms with Crippen molar-refractivity contribution in [3.63, 3.8) is 0 Å². The van der Waals surface area contributed by atoms with Gasteiger partial charge < -0.3 is 25.8 Å². The number of carbonyl (C=O) groups is 2. The quantitative estimate of drug-likeness (QED) is 0.679. The minimum Gasteiger partial charge on any atom is -0.479 e. The van der Waals surface area contributed by atoms with Gasteiger partial charge in [-0.1, -0.05) is 0 Å². The number of carboxylic acid groups (broad SMARTS) is 1. The van der Waals surface area contributed by atoms with Crippen molar-refractivity contribution in [2.24, 2.45) is 11.7 Å². The molecule has 1 amide bonds. The van der Waals surface area contributed by atoms with Crippen LogP contribution in [0.2, 0.25) is 0 Å². The molecule has 8 heteroatoms. The van der Waals surface area contributed by atoms with Crippen LogP contribution in [0.1, 0.15) is 40.5 Å². The van der Waals surface area contributed by atoms with Gasteiger partial charge in [0, 0.05) is 18.8 Å². The van der Waals surface area contributed by atoms with E-state index in [0.29, 0.717) is 11.3 Å². The number of nitrogens with two attached hydrogens (primary N) is 1. The number of ether oxygens (including phenoxy) is 1. The Balaban J connectivity index is 2.15. The van der Waals surface area contributed by atoms with Gasteiger partial charge in [-0.25, -0.2) is 9.59 Å². The Bertz CT molecular complexity index is 642. The van der Waals surface area contributed by atoms with Crippen molar-refractivity contribution in [3.05, 3.63) is 11.3 Å². The monoisotopic (exact) mass is 350 g/mol. The van der Waals surface area contributed by atoms with Crippen molar-refractivity contribution in [1.29, 1.82) is 5.26 Å². The number of amides is 1. The van der Waals surface area contributed by atoms with Gasteiger partial charge in [-0.2, -0.15) is 5.26 Å². The minimum absolute atomic E-state index is 0.170. The summed E-state index contributed by atoms with van der Waals surface area (Å²) in [5.74, 6) is -0.913. The zero-order chi connectivity index (χ0) is 19.0. The number of rotatable bonds is 5. The van der Waals surface area contributed by atoms with Crippen LogP contribution in [0.4, 0.5) is 4.79 Å². The molecule has 0 aromatic carbocycles. The molecular formula is C17H26N4O4. The Labute approximate surface area is 147 Å². The fourth-order valence-corrected chi connectivity index (χ4v) is 3.11. The van der Waals surface area contributed by atoms with Gasteiger partial charge in [-0.15, -0.1) is 0 Å². The van der Waals surface area contributed by atoms with Crippen molar-refractivity contribution >= 4 is 12.1 Å². The van der Waals surface area contributed by atoms with Gasteiger partial charge >= 0.3 is 12.1 Å². The van der Waals surface area contributed by atoms with Crippen LogP contribution in [0, 0.1) is 17.2 Å². The van der Waals surface area contributed by atoms with Gasteiger partial charge in [0.2, 0.25) is 0 Å². The first-order chi connectivity index (χ1) is 11.5. The average molecular weight is 350 g/mol. The highest BCUT2D eigenvalue weighted by atomic mass is 16.6. The zero-order valence-corrected chi connectivity index (χ0v) is 15.1. The van der Waals surface area contributed by atoms with Crippen molar-refractivity contribution in [1.82, 2.24) is 10.2 Å². The molecule has 0 aromatic rings. The predicted molar refractivity (Wildman–Crippen MR) is 90.3 cm³/mol. The van der Waals surface area contributed by atoms with Crippen LogP contribution in [0.3, 0.4) is 0 Å². The first kappa shape index (κ1) is 19.1. The number of allylic oxidation sites excluding steroid dienone is 1. The molecular weight excluding hydrogens is 324 g/mol. The molecule has 25 heavy (non-hydrogen) atoms. The number of hydrogen-bond donors (Lipinski definition) is 3. The van der Waals surface area contributed by atoms with Crippen LogP contribution in [0.15, 0.2) is 11.3 Å². The molecule has 2 rings (SSSR count). The molecule has 2 atom stereocenters. The van der Waals surface area contributed by atoms with Crippen molar-refractivity contribution in [2.75, 3.05) is 13.1 Å². The summed E-state index contributed by atoms with van der Waals surface area (Å²) >= 11 is 0. The molecule has 138 valence electrons. The van der Waals surface area contributed by atoms with E-state index in [0.717, 1.165) is 12.8 Å². The maximum absolute atomic E-state index is 11.9. The second-order valence-electron chi connectivity index (χ2n) is 7.70. The van der Waals surface area contributed by atoms with E-state index >= 15 is 0 Å².